The van der Waals surface area contributed by atoms with Gasteiger partial charge in [-0.05, 0) is 72.4 Å². The van der Waals surface area contributed by atoms with Crippen LogP contribution in [0.5, 0.6) is 0 Å². The molecule has 29 heavy (non-hydrogen) atoms. The first-order chi connectivity index (χ1) is 13.9. The molecule has 1 aliphatic heterocycles. The summed E-state index contributed by atoms with van der Waals surface area (Å²) in [4.78, 5) is 2.62. The molecule has 0 fully saturated rings. The molecule has 2 aromatic rings. The largest absolute Gasteiger partial charge is 0.295 e. The lowest BCUT2D eigenvalue weighted by atomic mass is 9.72. The zero-order chi connectivity index (χ0) is 20.4. The SMILES string of the molecule is Cc1ccc(C2=CCN(CC3=C(c4ccc(Cl)cc4)CCC(C)(C)C3)CC2)cc1. The van der Waals surface area contributed by atoms with E-state index in [1.54, 1.807) is 11.1 Å². The third kappa shape index (κ3) is 5.02. The highest BCUT2D eigenvalue weighted by Crippen LogP contribution is 2.43. The van der Waals surface area contributed by atoms with Gasteiger partial charge >= 0.3 is 0 Å². The Balaban J connectivity index is 1.52. The van der Waals surface area contributed by atoms with Gasteiger partial charge in [-0.2, -0.15) is 0 Å². The summed E-state index contributed by atoms with van der Waals surface area (Å²) < 4.78 is 0. The number of hydrogen-bond acceptors (Lipinski definition) is 1. The monoisotopic (exact) mass is 405 g/mol. The Labute approximate surface area is 181 Å². The van der Waals surface area contributed by atoms with E-state index in [9.17, 15) is 0 Å². The predicted molar refractivity (Wildman–Crippen MR) is 126 cm³/mol. The second kappa shape index (κ2) is 8.50. The predicted octanol–water partition coefficient (Wildman–Crippen LogP) is 7.40. The molecule has 1 aliphatic carbocycles. The fraction of sp³-hybridized carbons (Fsp3) is 0.407. The van der Waals surface area contributed by atoms with Crippen LogP contribution in [0.2, 0.25) is 5.02 Å². The van der Waals surface area contributed by atoms with Crippen LogP contribution >= 0.6 is 11.6 Å². The molecule has 0 unspecified atom stereocenters. The van der Waals surface area contributed by atoms with Gasteiger partial charge in [-0.25, -0.2) is 0 Å². The average molecular weight is 406 g/mol. The van der Waals surface area contributed by atoms with Crippen molar-refractivity contribution in [2.45, 2.75) is 46.5 Å². The van der Waals surface area contributed by atoms with Crippen molar-refractivity contribution in [2.75, 3.05) is 19.6 Å². The van der Waals surface area contributed by atoms with Crippen LogP contribution in [0.15, 0.2) is 60.2 Å². The Bertz CT molecular complexity index is 916. The molecular formula is C27H32ClN. The lowest BCUT2D eigenvalue weighted by Crippen LogP contribution is -2.33. The van der Waals surface area contributed by atoms with Crippen LogP contribution in [0.4, 0.5) is 0 Å². The molecule has 2 aromatic carbocycles. The first-order valence-electron chi connectivity index (χ1n) is 10.8. The number of aryl methyl sites for hydroxylation is 1. The number of hydrogen-bond donors (Lipinski definition) is 0. The van der Waals surface area contributed by atoms with Crippen molar-refractivity contribution in [2.24, 2.45) is 5.41 Å². The van der Waals surface area contributed by atoms with Crippen molar-refractivity contribution in [1.29, 1.82) is 0 Å². The molecule has 1 nitrogen and oxygen atoms in total. The highest BCUT2D eigenvalue weighted by Gasteiger charge is 2.28. The zero-order valence-corrected chi connectivity index (χ0v) is 18.7. The van der Waals surface area contributed by atoms with Gasteiger partial charge in [-0.15, -0.1) is 0 Å². The van der Waals surface area contributed by atoms with E-state index in [1.807, 2.05) is 12.1 Å². The van der Waals surface area contributed by atoms with E-state index >= 15 is 0 Å². The Kier molecular flexibility index (Phi) is 5.99. The molecule has 0 spiro atoms. The minimum atomic E-state index is 0.393. The lowest BCUT2D eigenvalue weighted by molar-refractivity contribution is 0.283. The van der Waals surface area contributed by atoms with Crippen molar-refractivity contribution in [1.82, 2.24) is 4.90 Å². The Morgan fingerprint density at radius 1 is 0.931 bits per heavy atom. The summed E-state index contributed by atoms with van der Waals surface area (Å²) >= 11 is 6.13. The van der Waals surface area contributed by atoms with E-state index in [4.69, 9.17) is 11.6 Å². The van der Waals surface area contributed by atoms with Gasteiger partial charge in [0.2, 0.25) is 0 Å². The van der Waals surface area contributed by atoms with E-state index in [0.717, 1.165) is 31.1 Å². The Morgan fingerprint density at radius 2 is 1.62 bits per heavy atom. The van der Waals surface area contributed by atoms with E-state index in [-0.39, 0.29) is 0 Å². The van der Waals surface area contributed by atoms with Gasteiger partial charge in [0.1, 0.15) is 0 Å². The van der Waals surface area contributed by atoms with Crippen LogP contribution in [0.25, 0.3) is 11.1 Å². The molecule has 0 bridgehead atoms. The van der Waals surface area contributed by atoms with Gasteiger partial charge in [-0.3, -0.25) is 4.90 Å². The highest BCUT2D eigenvalue weighted by molar-refractivity contribution is 6.30. The highest BCUT2D eigenvalue weighted by atomic mass is 35.5. The Morgan fingerprint density at radius 3 is 2.28 bits per heavy atom. The van der Waals surface area contributed by atoms with Gasteiger partial charge in [0.05, 0.1) is 0 Å². The van der Waals surface area contributed by atoms with Gasteiger partial charge < -0.3 is 0 Å². The molecule has 4 rings (SSSR count). The molecule has 0 aromatic heterocycles. The summed E-state index contributed by atoms with van der Waals surface area (Å²) in [6, 6.07) is 17.4. The van der Waals surface area contributed by atoms with E-state index < -0.39 is 0 Å². The number of benzene rings is 2. The van der Waals surface area contributed by atoms with Crippen LogP contribution in [-0.2, 0) is 0 Å². The molecule has 0 radical (unpaired) electrons. The fourth-order valence-electron chi connectivity index (χ4n) is 4.72. The minimum Gasteiger partial charge on any atom is -0.295 e. The standard InChI is InChI=1S/C27H32ClN/c1-20-4-6-21(7-5-20)22-13-16-29(17-14-22)19-24-18-27(2,3)15-12-26(24)23-8-10-25(28)11-9-23/h4-11,13H,12,14-19H2,1-3H3. The van der Waals surface area contributed by atoms with Crippen LogP contribution in [0.3, 0.4) is 0 Å². The summed E-state index contributed by atoms with van der Waals surface area (Å²) in [6.45, 7) is 10.2. The maximum absolute atomic E-state index is 6.13. The second-order valence-electron chi connectivity index (χ2n) is 9.51. The zero-order valence-electron chi connectivity index (χ0n) is 18.0. The summed E-state index contributed by atoms with van der Waals surface area (Å²) in [5.41, 5.74) is 9.13. The van der Waals surface area contributed by atoms with Gasteiger partial charge in [-0.1, -0.05) is 79.1 Å². The van der Waals surface area contributed by atoms with Crippen LogP contribution in [-0.4, -0.2) is 24.5 Å². The molecule has 0 saturated heterocycles. The fourth-order valence-corrected chi connectivity index (χ4v) is 4.84. The summed E-state index contributed by atoms with van der Waals surface area (Å²) in [5, 5.41) is 0.817. The van der Waals surface area contributed by atoms with Crippen molar-refractivity contribution in [3.8, 4) is 0 Å². The third-order valence-corrected chi connectivity index (χ3v) is 6.75. The molecule has 0 N–H and O–H groups in total. The minimum absolute atomic E-state index is 0.393. The number of nitrogens with zero attached hydrogens (tertiary/aromatic N) is 1. The summed E-state index contributed by atoms with van der Waals surface area (Å²) in [6.07, 6.45) is 7.19. The van der Waals surface area contributed by atoms with E-state index in [0.29, 0.717) is 5.41 Å². The third-order valence-electron chi connectivity index (χ3n) is 6.49. The number of allylic oxidation sites excluding steroid dienone is 1. The van der Waals surface area contributed by atoms with Crippen LogP contribution in [0.1, 0.15) is 56.2 Å². The Hall–Kier alpha value is -1.83. The molecule has 2 aliphatic rings. The molecule has 0 atom stereocenters. The maximum atomic E-state index is 6.13. The lowest BCUT2D eigenvalue weighted by Gasteiger charge is -2.36. The quantitative estimate of drug-likeness (QED) is 0.512. The first-order valence-corrected chi connectivity index (χ1v) is 11.2. The molecule has 0 saturated carbocycles. The van der Waals surface area contributed by atoms with Crippen LogP contribution < -0.4 is 0 Å². The number of halogens is 1. The summed E-state index contributed by atoms with van der Waals surface area (Å²) in [5.74, 6) is 0. The normalized spacial score (nSPS) is 19.9. The maximum Gasteiger partial charge on any atom is 0.0406 e. The summed E-state index contributed by atoms with van der Waals surface area (Å²) in [7, 11) is 0. The van der Waals surface area contributed by atoms with Gasteiger partial charge in [0.15, 0.2) is 0 Å². The van der Waals surface area contributed by atoms with Crippen molar-refractivity contribution >= 4 is 22.7 Å². The molecule has 1 heterocycles. The van der Waals surface area contributed by atoms with Gasteiger partial charge in [0.25, 0.3) is 0 Å². The molecule has 2 heteroatoms. The first kappa shape index (κ1) is 20.4. The molecule has 152 valence electrons. The molecule has 0 amide bonds. The smallest absolute Gasteiger partial charge is 0.0406 e. The molecular weight excluding hydrogens is 374 g/mol. The van der Waals surface area contributed by atoms with Crippen molar-refractivity contribution in [3.05, 3.63) is 81.9 Å². The van der Waals surface area contributed by atoms with Gasteiger partial charge in [0, 0.05) is 24.7 Å². The van der Waals surface area contributed by atoms with E-state index in [2.05, 4.69) is 68.1 Å². The second-order valence-corrected chi connectivity index (χ2v) is 9.95. The van der Waals surface area contributed by atoms with Crippen LogP contribution in [0, 0.1) is 12.3 Å². The average Bonchev–Trinajstić information content (AvgIpc) is 2.70. The van der Waals surface area contributed by atoms with E-state index in [1.165, 1.54) is 41.5 Å². The topological polar surface area (TPSA) is 3.24 Å². The number of rotatable bonds is 4. The van der Waals surface area contributed by atoms with Crippen molar-refractivity contribution in [3.63, 3.8) is 0 Å². The van der Waals surface area contributed by atoms with Crippen molar-refractivity contribution < 1.29 is 0 Å².